The van der Waals surface area contributed by atoms with E-state index in [1.165, 1.54) is 29.2 Å². The summed E-state index contributed by atoms with van der Waals surface area (Å²) in [6.07, 6.45) is -3.22. The van der Waals surface area contributed by atoms with Gasteiger partial charge in [-0.3, -0.25) is 9.69 Å². The molecule has 25 heavy (non-hydrogen) atoms. The van der Waals surface area contributed by atoms with Gasteiger partial charge in [0.25, 0.3) is 5.91 Å². The first kappa shape index (κ1) is 17.7. The van der Waals surface area contributed by atoms with Gasteiger partial charge in [0, 0.05) is 0 Å². The van der Waals surface area contributed by atoms with Gasteiger partial charge in [-0.25, -0.2) is 0 Å². The number of amides is 1. The Morgan fingerprint density at radius 1 is 1.04 bits per heavy atom. The van der Waals surface area contributed by atoms with Gasteiger partial charge in [-0.1, -0.05) is 72.5 Å². The van der Waals surface area contributed by atoms with E-state index >= 15 is 0 Å². The van der Waals surface area contributed by atoms with Crippen molar-refractivity contribution in [3.05, 3.63) is 76.2 Å². The number of hydrogen-bond acceptors (Lipinski definition) is 3. The minimum Gasteiger partial charge on any atom is -0.288 e. The van der Waals surface area contributed by atoms with Gasteiger partial charge in [-0.05, 0) is 23.3 Å². The maximum absolute atomic E-state index is 13.1. The number of rotatable bonds is 3. The summed E-state index contributed by atoms with van der Waals surface area (Å²) in [6.45, 7) is 0.295. The number of halogens is 3. The molecule has 0 bridgehead atoms. The van der Waals surface area contributed by atoms with E-state index in [0.717, 1.165) is 23.4 Å². The molecule has 0 spiro atoms. The van der Waals surface area contributed by atoms with Crippen LogP contribution in [0, 0.1) is 0 Å². The van der Waals surface area contributed by atoms with E-state index in [0.29, 0.717) is 10.9 Å². The smallest absolute Gasteiger partial charge is 0.288 e. The van der Waals surface area contributed by atoms with E-state index in [1.807, 2.05) is 30.3 Å². The number of benzene rings is 2. The zero-order chi connectivity index (χ0) is 18.0. The molecule has 2 aromatic carbocycles. The third kappa shape index (κ3) is 3.93. The molecule has 128 valence electrons. The molecule has 3 rings (SSSR count). The fraction of sp³-hybridized carbons (Fsp3) is 0.111. The van der Waals surface area contributed by atoms with E-state index in [2.05, 4.69) is 0 Å². The van der Waals surface area contributed by atoms with Gasteiger partial charge in [0.2, 0.25) is 0 Å². The predicted molar refractivity (Wildman–Crippen MR) is 96.6 cm³/mol. The molecular weight excluding hydrogens is 367 g/mol. The molecule has 0 aromatic heterocycles. The maximum Gasteiger partial charge on any atom is 0.416 e. The van der Waals surface area contributed by atoms with Crippen molar-refractivity contribution in [2.75, 3.05) is 0 Å². The van der Waals surface area contributed by atoms with Crippen molar-refractivity contribution >= 4 is 40.3 Å². The molecule has 1 fully saturated rings. The van der Waals surface area contributed by atoms with Gasteiger partial charge in [0.05, 0.1) is 17.0 Å². The number of hydrogen-bond donors (Lipinski definition) is 0. The number of thiocarbonyl (C=S) groups is 1. The van der Waals surface area contributed by atoms with Crippen LogP contribution in [0.3, 0.4) is 0 Å². The van der Waals surface area contributed by atoms with Crippen LogP contribution in [-0.2, 0) is 17.5 Å². The summed E-state index contributed by atoms with van der Waals surface area (Å²) in [7, 11) is 0. The minimum absolute atomic E-state index is 0.0461. The number of carbonyl (C=O) groups excluding carboxylic acids is 1. The number of carbonyl (C=O) groups is 1. The Balaban J connectivity index is 1.89. The lowest BCUT2D eigenvalue weighted by molar-refractivity contribution is -0.137. The zero-order valence-corrected chi connectivity index (χ0v) is 14.4. The average Bonchev–Trinajstić information content (AvgIpc) is 2.83. The molecular formula is C18H12F3NOS2. The molecule has 2 nitrogen and oxygen atoms in total. The van der Waals surface area contributed by atoms with E-state index in [4.69, 9.17) is 12.2 Å². The summed E-state index contributed by atoms with van der Waals surface area (Å²) in [6, 6.07) is 14.4. The second-order valence-corrected chi connectivity index (χ2v) is 7.01. The van der Waals surface area contributed by atoms with Gasteiger partial charge in [0.15, 0.2) is 0 Å². The highest BCUT2D eigenvalue weighted by Crippen LogP contribution is 2.37. The molecule has 1 heterocycles. The van der Waals surface area contributed by atoms with Gasteiger partial charge in [-0.15, -0.1) is 0 Å². The van der Waals surface area contributed by atoms with Crippen LogP contribution < -0.4 is 0 Å². The van der Waals surface area contributed by atoms with Crippen molar-refractivity contribution in [1.29, 1.82) is 0 Å². The Bertz CT molecular complexity index is 847. The Labute approximate surface area is 152 Å². The molecule has 1 aliphatic heterocycles. The van der Waals surface area contributed by atoms with Crippen LogP contribution >= 0.6 is 24.0 Å². The summed E-state index contributed by atoms with van der Waals surface area (Å²) in [4.78, 5) is 14.1. The van der Waals surface area contributed by atoms with Crippen LogP contribution in [-0.4, -0.2) is 15.1 Å². The Kier molecular flexibility index (Phi) is 4.96. The molecule has 1 aliphatic rings. The highest BCUT2D eigenvalue weighted by Gasteiger charge is 2.35. The number of alkyl halides is 3. The largest absolute Gasteiger partial charge is 0.416 e. The summed E-state index contributed by atoms with van der Waals surface area (Å²) < 4.78 is 39.6. The lowest BCUT2D eigenvalue weighted by Gasteiger charge is -2.14. The lowest BCUT2D eigenvalue weighted by Crippen LogP contribution is -2.27. The zero-order valence-electron chi connectivity index (χ0n) is 12.8. The molecule has 0 N–H and O–H groups in total. The van der Waals surface area contributed by atoms with Gasteiger partial charge < -0.3 is 0 Å². The molecule has 0 unspecified atom stereocenters. The lowest BCUT2D eigenvalue weighted by atomic mass is 10.1. The molecule has 1 amide bonds. The van der Waals surface area contributed by atoms with Crippen molar-refractivity contribution in [3.8, 4) is 0 Å². The summed E-state index contributed by atoms with van der Waals surface area (Å²) in [5, 5.41) is 0. The Hall–Kier alpha value is -2.12. The van der Waals surface area contributed by atoms with Gasteiger partial charge in [-0.2, -0.15) is 13.2 Å². The van der Waals surface area contributed by atoms with Gasteiger partial charge in [0.1, 0.15) is 4.32 Å². The van der Waals surface area contributed by atoms with Gasteiger partial charge >= 0.3 is 6.18 Å². The summed E-state index contributed by atoms with van der Waals surface area (Å²) in [5.41, 5.74) is 0.0780. The monoisotopic (exact) mass is 379 g/mol. The van der Waals surface area contributed by atoms with Crippen molar-refractivity contribution in [3.63, 3.8) is 0 Å². The minimum atomic E-state index is -4.48. The number of nitrogens with zero attached hydrogens (tertiary/aromatic N) is 1. The van der Waals surface area contributed by atoms with Crippen LogP contribution in [0.5, 0.6) is 0 Å². The highest BCUT2D eigenvalue weighted by atomic mass is 32.2. The summed E-state index contributed by atoms with van der Waals surface area (Å²) in [5.74, 6) is -0.379. The molecule has 0 saturated carbocycles. The molecule has 0 radical (unpaired) electrons. The van der Waals surface area contributed by atoms with Crippen molar-refractivity contribution in [2.45, 2.75) is 12.7 Å². The standard InChI is InChI=1S/C18H12F3NOS2/c19-18(20,21)14-9-5-4-8-13(14)10-15-16(23)22(17(24)25-15)11-12-6-2-1-3-7-12/h1-10H,11H2. The molecule has 0 aliphatic carbocycles. The second kappa shape index (κ2) is 7.01. The second-order valence-electron chi connectivity index (χ2n) is 5.34. The first-order valence-corrected chi connectivity index (χ1v) is 8.54. The van der Waals surface area contributed by atoms with E-state index in [9.17, 15) is 18.0 Å². The van der Waals surface area contributed by atoms with E-state index < -0.39 is 11.7 Å². The molecule has 1 saturated heterocycles. The SMILES string of the molecule is O=C1C(=Cc2ccccc2C(F)(F)F)SC(=S)N1Cc1ccccc1. The van der Waals surface area contributed by atoms with E-state index in [1.54, 1.807) is 0 Å². The fourth-order valence-electron chi connectivity index (χ4n) is 2.42. The first-order chi connectivity index (χ1) is 11.9. The normalized spacial score (nSPS) is 16.8. The highest BCUT2D eigenvalue weighted by molar-refractivity contribution is 8.26. The third-order valence-corrected chi connectivity index (χ3v) is 4.99. The van der Waals surface area contributed by atoms with E-state index in [-0.39, 0.29) is 16.4 Å². The van der Waals surface area contributed by atoms with Crippen LogP contribution in [0.2, 0.25) is 0 Å². The third-order valence-electron chi connectivity index (χ3n) is 3.61. The predicted octanol–water partition coefficient (Wildman–Crippen LogP) is 5.11. The van der Waals surface area contributed by atoms with Crippen LogP contribution in [0.4, 0.5) is 13.2 Å². The molecule has 7 heteroatoms. The van der Waals surface area contributed by atoms with Crippen LogP contribution in [0.15, 0.2) is 59.5 Å². The fourth-order valence-corrected chi connectivity index (χ4v) is 3.67. The van der Waals surface area contributed by atoms with Crippen molar-refractivity contribution in [2.24, 2.45) is 0 Å². The van der Waals surface area contributed by atoms with Crippen LogP contribution in [0.1, 0.15) is 16.7 Å². The topological polar surface area (TPSA) is 20.3 Å². The quantitative estimate of drug-likeness (QED) is 0.546. The first-order valence-electron chi connectivity index (χ1n) is 7.32. The van der Waals surface area contributed by atoms with Crippen molar-refractivity contribution in [1.82, 2.24) is 4.90 Å². The molecule has 0 atom stereocenters. The maximum atomic E-state index is 13.1. The van der Waals surface area contributed by atoms with Crippen LogP contribution in [0.25, 0.3) is 6.08 Å². The number of thioether (sulfide) groups is 1. The average molecular weight is 379 g/mol. The Morgan fingerprint density at radius 3 is 2.36 bits per heavy atom. The molecule has 2 aromatic rings. The van der Waals surface area contributed by atoms with Crippen molar-refractivity contribution < 1.29 is 18.0 Å². The Morgan fingerprint density at radius 2 is 1.68 bits per heavy atom. The summed E-state index contributed by atoms with van der Waals surface area (Å²) >= 11 is 6.24.